The van der Waals surface area contributed by atoms with E-state index in [2.05, 4.69) is 10.6 Å². The number of benzene rings is 2. The van der Waals surface area contributed by atoms with Crippen LogP contribution < -0.4 is 20.1 Å². The molecular formula is C21H22N2O6. The topological polar surface area (TPSA) is 114 Å². The number of fused-ring (bicyclic) bond motifs is 1. The molecule has 2 atom stereocenters. The smallest absolute Gasteiger partial charge is 0.306 e. The fourth-order valence-electron chi connectivity index (χ4n) is 3.21. The van der Waals surface area contributed by atoms with Crippen molar-refractivity contribution >= 4 is 23.5 Å². The molecule has 0 saturated heterocycles. The number of aliphatic carboxylic acids is 1. The second-order valence-corrected chi connectivity index (χ2v) is 7.02. The van der Waals surface area contributed by atoms with Crippen LogP contribution in [0.15, 0.2) is 42.5 Å². The van der Waals surface area contributed by atoms with Crippen LogP contribution in [0, 0.1) is 0 Å². The molecule has 2 amide bonds. The molecule has 0 aliphatic carbocycles. The van der Waals surface area contributed by atoms with Crippen LogP contribution in [0.2, 0.25) is 0 Å². The summed E-state index contributed by atoms with van der Waals surface area (Å²) in [6, 6.07) is 11.7. The van der Waals surface area contributed by atoms with Crippen molar-refractivity contribution in [2.45, 2.75) is 31.9 Å². The van der Waals surface area contributed by atoms with Crippen molar-refractivity contribution in [3.63, 3.8) is 0 Å². The summed E-state index contributed by atoms with van der Waals surface area (Å²) in [6.07, 6.45) is -1.09. The van der Waals surface area contributed by atoms with Gasteiger partial charge in [-0.15, -0.1) is 0 Å². The van der Waals surface area contributed by atoms with E-state index in [-0.39, 0.29) is 23.6 Å². The Morgan fingerprint density at radius 3 is 2.69 bits per heavy atom. The second kappa shape index (κ2) is 7.83. The first-order valence-electron chi connectivity index (χ1n) is 9.03. The number of methoxy groups -OCH3 is 1. The lowest BCUT2D eigenvalue weighted by atomic mass is 9.88. The summed E-state index contributed by atoms with van der Waals surface area (Å²) in [5, 5.41) is 14.9. The summed E-state index contributed by atoms with van der Waals surface area (Å²) in [6.45, 7) is 3.21. The van der Waals surface area contributed by atoms with Gasteiger partial charge in [0.05, 0.1) is 30.3 Å². The third-order valence-electron chi connectivity index (χ3n) is 4.78. The normalized spacial score (nSPS) is 17.2. The quantitative estimate of drug-likeness (QED) is 0.689. The van der Waals surface area contributed by atoms with Crippen LogP contribution in [0.3, 0.4) is 0 Å². The van der Waals surface area contributed by atoms with Crippen molar-refractivity contribution in [1.82, 2.24) is 5.32 Å². The number of carbonyl (C=O) groups excluding carboxylic acids is 2. The Morgan fingerprint density at radius 1 is 1.28 bits per heavy atom. The molecule has 2 aromatic carbocycles. The molecule has 2 aromatic rings. The number of amides is 2. The number of carbonyl (C=O) groups is 3. The van der Waals surface area contributed by atoms with Gasteiger partial charge in [-0.3, -0.25) is 14.4 Å². The lowest BCUT2D eigenvalue weighted by molar-refractivity contribution is -0.138. The average molecular weight is 398 g/mol. The highest BCUT2D eigenvalue weighted by molar-refractivity contribution is 6.04. The van der Waals surface area contributed by atoms with E-state index in [9.17, 15) is 19.5 Å². The lowest BCUT2D eigenvalue weighted by Crippen LogP contribution is -2.45. The van der Waals surface area contributed by atoms with Gasteiger partial charge in [0.2, 0.25) is 0 Å². The minimum Gasteiger partial charge on any atom is -0.497 e. The third-order valence-corrected chi connectivity index (χ3v) is 4.78. The molecule has 3 rings (SSSR count). The van der Waals surface area contributed by atoms with Crippen LogP contribution >= 0.6 is 0 Å². The number of carboxylic acids is 1. The maximum Gasteiger partial charge on any atom is 0.306 e. The van der Waals surface area contributed by atoms with Crippen LogP contribution in [-0.2, 0) is 15.1 Å². The van der Waals surface area contributed by atoms with Gasteiger partial charge in [-0.05, 0) is 43.7 Å². The summed E-state index contributed by atoms with van der Waals surface area (Å²) in [7, 11) is 1.51. The van der Waals surface area contributed by atoms with Crippen molar-refractivity contribution in [3.05, 3.63) is 53.6 Å². The van der Waals surface area contributed by atoms with E-state index < -0.39 is 23.5 Å². The minimum atomic E-state index is -1.20. The van der Waals surface area contributed by atoms with Crippen molar-refractivity contribution in [2.24, 2.45) is 0 Å². The molecule has 29 heavy (non-hydrogen) atoms. The van der Waals surface area contributed by atoms with Gasteiger partial charge in [-0.2, -0.15) is 0 Å². The van der Waals surface area contributed by atoms with Gasteiger partial charge in [-0.25, -0.2) is 0 Å². The first-order chi connectivity index (χ1) is 13.7. The Kier molecular flexibility index (Phi) is 5.45. The first kappa shape index (κ1) is 20.2. The predicted octanol–water partition coefficient (Wildman–Crippen LogP) is 2.53. The summed E-state index contributed by atoms with van der Waals surface area (Å²) in [4.78, 5) is 36.4. The monoisotopic (exact) mass is 398 g/mol. The Balaban J connectivity index is 1.97. The highest BCUT2D eigenvalue weighted by atomic mass is 16.5. The van der Waals surface area contributed by atoms with Gasteiger partial charge >= 0.3 is 5.97 Å². The molecule has 0 bridgehead atoms. The number of rotatable bonds is 6. The summed E-state index contributed by atoms with van der Waals surface area (Å²) in [5.41, 5.74) is -0.0279. The second-order valence-electron chi connectivity index (χ2n) is 7.02. The zero-order chi connectivity index (χ0) is 21.2. The van der Waals surface area contributed by atoms with E-state index in [1.807, 2.05) is 0 Å². The van der Waals surface area contributed by atoms with Crippen molar-refractivity contribution < 1.29 is 29.0 Å². The first-order valence-corrected chi connectivity index (χ1v) is 9.03. The molecule has 152 valence electrons. The Bertz CT molecular complexity index is 973. The number of ether oxygens (including phenoxy) is 2. The van der Waals surface area contributed by atoms with Crippen LogP contribution in [-0.4, -0.2) is 36.1 Å². The summed E-state index contributed by atoms with van der Waals surface area (Å²) < 4.78 is 10.8. The van der Waals surface area contributed by atoms with Crippen LogP contribution in [0.5, 0.6) is 11.5 Å². The SMILES string of the molecule is COc1cccc(C(C)(CC(=O)O)NC(=O)c2cccc3c2OC(C)C(=O)N3)c1. The lowest BCUT2D eigenvalue weighted by Gasteiger charge is -2.31. The number of anilines is 1. The third kappa shape index (κ3) is 4.16. The highest BCUT2D eigenvalue weighted by Crippen LogP contribution is 2.35. The zero-order valence-electron chi connectivity index (χ0n) is 16.3. The predicted molar refractivity (Wildman–Crippen MR) is 105 cm³/mol. The molecule has 2 unspecified atom stereocenters. The summed E-state index contributed by atoms with van der Waals surface area (Å²) in [5.74, 6) is -1.09. The van der Waals surface area contributed by atoms with Gasteiger partial charge in [0.15, 0.2) is 11.9 Å². The van der Waals surface area contributed by atoms with Gasteiger partial charge in [-0.1, -0.05) is 18.2 Å². The average Bonchev–Trinajstić information content (AvgIpc) is 2.67. The zero-order valence-corrected chi connectivity index (χ0v) is 16.3. The van der Waals surface area contributed by atoms with Crippen LogP contribution in [0.1, 0.15) is 36.2 Å². The van der Waals surface area contributed by atoms with Crippen molar-refractivity contribution in [1.29, 1.82) is 0 Å². The number of para-hydroxylation sites is 1. The van der Waals surface area contributed by atoms with E-state index >= 15 is 0 Å². The molecule has 0 saturated carbocycles. The number of hydrogen-bond acceptors (Lipinski definition) is 5. The Morgan fingerprint density at radius 2 is 2.00 bits per heavy atom. The largest absolute Gasteiger partial charge is 0.497 e. The van der Waals surface area contributed by atoms with Gasteiger partial charge in [0.1, 0.15) is 5.75 Å². The number of carboxylic acid groups (broad SMARTS) is 1. The maximum absolute atomic E-state index is 13.1. The van der Waals surface area contributed by atoms with E-state index in [0.717, 1.165) is 0 Å². The molecule has 0 fully saturated rings. The number of nitrogens with one attached hydrogen (secondary N) is 2. The van der Waals surface area contributed by atoms with E-state index in [1.165, 1.54) is 7.11 Å². The fourth-order valence-corrected chi connectivity index (χ4v) is 3.21. The molecule has 0 radical (unpaired) electrons. The molecule has 0 aromatic heterocycles. The molecule has 8 nitrogen and oxygen atoms in total. The maximum atomic E-state index is 13.1. The minimum absolute atomic E-state index is 0.203. The standard InChI is InChI=1S/C21H22N2O6/c1-12-19(26)22-16-9-5-8-15(18(16)29-12)20(27)23-21(2,11-17(24)25)13-6-4-7-14(10-13)28-3/h4-10,12H,11H2,1-3H3,(H,22,26)(H,23,27)(H,24,25). The molecule has 3 N–H and O–H groups in total. The van der Waals surface area contributed by atoms with E-state index in [4.69, 9.17) is 9.47 Å². The van der Waals surface area contributed by atoms with Gasteiger partial charge < -0.3 is 25.2 Å². The highest BCUT2D eigenvalue weighted by Gasteiger charge is 2.34. The summed E-state index contributed by atoms with van der Waals surface area (Å²) >= 11 is 0. The molecule has 0 spiro atoms. The van der Waals surface area contributed by atoms with Crippen LogP contribution in [0.4, 0.5) is 5.69 Å². The Hall–Kier alpha value is -3.55. The molecular weight excluding hydrogens is 376 g/mol. The molecule has 8 heteroatoms. The van der Waals surface area contributed by atoms with Crippen LogP contribution in [0.25, 0.3) is 0 Å². The number of hydrogen-bond donors (Lipinski definition) is 3. The van der Waals surface area contributed by atoms with Gasteiger partial charge in [0.25, 0.3) is 11.8 Å². The van der Waals surface area contributed by atoms with Crippen molar-refractivity contribution in [2.75, 3.05) is 12.4 Å². The van der Waals surface area contributed by atoms with E-state index in [1.54, 1.807) is 56.3 Å². The molecule has 1 heterocycles. The fraction of sp³-hybridized carbons (Fsp3) is 0.286. The van der Waals surface area contributed by atoms with E-state index in [0.29, 0.717) is 17.0 Å². The van der Waals surface area contributed by atoms with Crippen molar-refractivity contribution in [3.8, 4) is 11.5 Å². The molecule has 1 aliphatic rings. The Labute approximate surface area is 167 Å². The van der Waals surface area contributed by atoms with Gasteiger partial charge in [0, 0.05) is 0 Å². The molecule has 1 aliphatic heterocycles.